The van der Waals surface area contributed by atoms with Crippen LogP contribution in [-0.2, 0) is 0 Å². The average Bonchev–Trinajstić information content (AvgIpc) is 2.44. The number of hydrogen-bond acceptors (Lipinski definition) is 2. The van der Waals surface area contributed by atoms with Crippen LogP contribution in [0.4, 0.5) is 0 Å². The topological polar surface area (TPSA) is 23.8 Å². The number of nitrogens with zero attached hydrogens (tertiary/aromatic N) is 1. The fourth-order valence-electron chi connectivity index (χ4n) is 1.23. The lowest BCUT2D eigenvalue weighted by Gasteiger charge is -2.01. The SMILES string of the molecule is CC.CC.CC(=S)/C(C#N)=C/c1ccc(C)c(C)c1. The molecule has 1 aromatic carbocycles. The van der Waals surface area contributed by atoms with Crippen molar-refractivity contribution in [2.75, 3.05) is 0 Å². The van der Waals surface area contributed by atoms with Crippen molar-refractivity contribution in [3.63, 3.8) is 0 Å². The minimum atomic E-state index is 0.563. The molecule has 0 aliphatic rings. The highest BCUT2D eigenvalue weighted by Crippen LogP contribution is 2.13. The highest BCUT2D eigenvalue weighted by Gasteiger charge is 1.99. The zero-order chi connectivity index (χ0) is 15.4. The van der Waals surface area contributed by atoms with Gasteiger partial charge in [0.25, 0.3) is 0 Å². The molecule has 0 radical (unpaired) electrons. The third kappa shape index (κ3) is 7.54. The third-order valence-corrected chi connectivity index (χ3v) is 2.56. The van der Waals surface area contributed by atoms with Crippen LogP contribution < -0.4 is 0 Å². The fourth-order valence-corrected chi connectivity index (χ4v) is 1.34. The second kappa shape index (κ2) is 11.6. The van der Waals surface area contributed by atoms with Crippen molar-refractivity contribution >= 4 is 23.2 Å². The maximum Gasteiger partial charge on any atom is 0.100 e. The summed E-state index contributed by atoms with van der Waals surface area (Å²) in [6.45, 7) is 13.9. The van der Waals surface area contributed by atoms with Gasteiger partial charge in [0.2, 0.25) is 0 Å². The molecule has 0 aliphatic heterocycles. The Bertz CT molecular complexity index is 465. The molecule has 1 rings (SSSR count). The first-order valence-corrected chi connectivity index (χ1v) is 7.15. The zero-order valence-corrected chi connectivity index (χ0v) is 14.0. The molecule has 0 atom stereocenters. The van der Waals surface area contributed by atoms with Crippen molar-refractivity contribution < 1.29 is 0 Å². The van der Waals surface area contributed by atoms with E-state index in [-0.39, 0.29) is 0 Å². The van der Waals surface area contributed by atoms with Crippen molar-refractivity contribution in [3.05, 3.63) is 40.5 Å². The van der Waals surface area contributed by atoms with Crippen molar-refractivity contribution in [1.29, 1.82) is 5.26 Å². The van der Waals surface area contributed by atoms with Gasteiger partial charge in [-0.2, -0.15) is 5.26 Å². The summed E-state index contributed by atoms with van der Waals surface area (Å²) in [5, 5.41) is 8.88. The molecule has 0 spiro atoms. The Labute approximate surface area is 124 Å². The number of aryl methyl sites for hydroxylation is 2. The quantitative estimate of drug-likeness (QED) is 0.395. The Balaban J connectivity index is 0. The van der Waals surface area contributed by atoms with Crippen LogP contribution in [0.5, 0.6) is 0 Å². The van der Waals surface area contributed by atoms with Crippen LogP contribution >= 0.6 is 12.2 Å². The largest absolute Gasteiger partial charge is 0.192 e. The summed E-state index contributed by atoms with van der Waals surface area (Å²) in [7, 11) is 0. The second-order valence-corrected chi connectivity index (χ2v) is 4.18. The van der Waals surface area contributed by atoms with E-state index in [0.29, 0.717) is 10.4 Å². The van der Waals surface area contributed by atoms with Crippen LogP contribution in [0.25, 0.3) is 6.08 Å². The van der Waals surface area contributed by atoms with Gasteiger partial charge >= 0.3 is 0 Å². The summed E-state index contributed by atoms with van der Waals surface area (Å²) >= 11 is 4.98. The van der Waals surface area contributed by atoms with Gasteiger partial charge in [-0.3, -0.25) is 0 Å². The van der Waals surface area contributed by atoms with Gasteiger partial charge in [-0.1, -0.05) is 58.1 Å². The summed E-state index contributed by atoms with van der Waals surface area (Å²) in [6.07, 6.45) is 1.83. The van der Waals surface area contributed by atoms with Crippen molar-refractivity contribution in [1.82, 2.24) is 0 Å². The molecule has 104 valence electrons. The number of hydrogen-bond donors (Lipinski definition) is 0. The van der Waals surface area contributed by atoms with Crippen LogP contribution in [0.1, 0.15) is 51.3 Å². The minimum absolute atomic E-state index is 0.563. The van der Waals surface area contributed by atoms with Gasteiger partial charge in [0, 0.05) is 4.86 Å². The van der Waals surface area contributed by atoms with Crippen molar-refractivity contribution in [3.8, 4) is 6.07 Å². The molecular formula is C17H25NS. The molecule has 0 saturated carbocycles. The highest BCUT2D eigenvalue weighted by molar-refractivity contribution is 7.80. The first-order chi connectivity index (χ1) is 9.04. The summed E-state index contributed by atoms with van der Waals surface area (Å²) in [5.41, 5.74) is 4.07. The molecule has 19 heavy (non-hydrogen) atoms. The monoisotopic (exact) mass is 275 g/mol. The van der Waals surface area contributed by atoms with Gasteiger partial charge in [-0.05, 0) is 43.5 Å². The first kappa shape index (κ1) is 19.9. The van der Waals surface area contributed by atoms with E-state index in [1.165, 1.54) is 11.1 Å². The molecule has 1 aromatic rings. The minimum Gasteiger partial charge on any atom is -0.192 e. The molecule has 0 heterocycles. The standard InChI is InChI=1S/C13H13NS.2C2H6/c1-9-4-5-12(6-10(9)2)7-13(8-14)11(3)15;2*1-2/h4-7H,1-3H3;2*1-2H3/b13-7+;;. The zero-order valence-electron chi connectivity index (χ0n) is 13.2. The van der Waals surface area contributed by atoms with E-state index < -0.39 is 0 Å². The molecule has 0 fully saturated rings. The van der Waals surface area contributed by atoms with E-state index in [9.17, 15) is 0 Å². The van der Waals surface area contributed by atoms with Crippen LogP contribution in [0.3, 0.4) is 0 Å². The normalized spacial score (nSPS) is 9.26. The first-order valence-electron chi connectivity index (χ1n) is 6.74. The molecule has 2 heteroatoms. The van der Waals surface area contributed by atoms with E-state index in [2.05, 4.69) is 32.0 Å². The predicted molar refractivity (Wildman–Crippen MR) is 90.5 cm³/mol. The van der Waals surface area contributed by atoms with Crippen molar-refractivity contribution in [2.24, 2.45) is 0 Å². The average molecular weight is 275 g/mol. The summed E-state index contributed by atoms with van der Waals surface area (Å²) < 4.78 is 0. The maximum absolute atomic E-state index is 8.88. The molecule has 0 aromatic heterocycles. The lowest BCUT2D eigenvalue weighted by molar-refractivity contribution is 1.33. The molecule has 0 saturated heterocycles. The molecule has 0 aliphatic carbocycles. The fraction of sp³-hybridized carbons (Fsp3) is 0.412. The van der Waals surface area contributed by atoms with Crippen LogP contribution in [0.15, 0.2) is 23.8 Å². The van der Waals surface area contributed by atoms with Gasteiger partial charge in [-0.15, -0.1) is 0 Å². The van der Waals surface area contributed by atoms with Crippen LogP contribution in [0.2, 0.25) is 0 Å². The van der Waals surface area contributed by atoms with Gasteiger partial charge in [0.15, 0.2) is 0 Å². The number of benzene rings is 1. The van der Waals surface area contributed by atoms with Crippen LogP contribution in [0, 0.1) is 25.2 Å². The number of rotatable bonds is 2. The molecular weight excluding hydrogens is 250 g/mol. The number of allylic oxidation sites excluding steroid dienone is 1. The second-order valence-electron chi connectivity index (χ2n) is 3.57. The molecule has 0 unspecified atom stereocenters. The van der Waals surface area contributed by atoms with Gasteiger partial charge < -0.3 is 0 Å². The van der Waals surface area contributed by atoms with E-state index in [1.54, 1.807) is 6.92 Å². The van der Waals surface area contributed by atoms with E-state index in [0.717, 1.165) is 5.56 Å². The Morgan fingerprint density at radius 2 is 1.63 bits per heavy atom. The van der Waals surface area contributed by atoms with E-state index in [1.807, 2.05) is 39.8 Å². The predicted octanol–water partition coefficient (Wildman–Crippen LogP) is 5.65. The van der Waals surface area contributed by atoms with E-state index >= 15 is 0 Å². The number of nitriles is 1. The molecule has 1 nitrogen and oxygen atoms in total. The maximum atomic E-state index is 8.88. The Morgan fingerprint density at radius 1 is 1.11 bits per heavy atom. The summed E-state index contributed by atoms with van der Waals surface area (Å²) in [6, 6.07) is 8.21. The summed E-state index contributed by atoms with van der Waals surface area (Å²) in [5.74, 6) is 0. The molecule has 0 amide bonds. The smallest absolute Gasteiger partial charge is 0.100 e. The Kier molecular flexibility index (Phi) is 12.2. The van der Waals surface area contributed by atoms with Crippen LogP contribution in [-0.4, -0.2) is 4.86 Å². The molecule has 0 bridgehead atoms. The summed E-state index contributed by atoms with van der Waals surface area (Å²) in [4.78, 5) is 0.635. The van der Waals surface area contributed by atoms with E-state index in [4.69, 9.17) is 17.5 Å². The van der Waals surface area contributed by atoms with Gasteiger partial charge in [-0.25, -0.2) is 0 Å². The highest BCUT2D eigenvalue weighted by atomic mass is 32.1. The number of thiocarbonyl (C=S) groups is 1. The lowest BCUT2D eigenvalue weighted by Crippen LogP contribution is -1.90. The third-order valence-electron chi connectivity index (χ3n) is 2.34. The Morgan fingerprint density at radius 3 is 2.00 bits per heavy atom. The van der Waals surface area contributed by atoms with Gasteiger partial charge in [0.05, 0.1) is 5.57 Å². The Hall–Kier alpha value is -1.46. The van der Waals surface area contributed by atoms with Crippen molar-refractivity contribution in [2.45, 2.75) is 48.5 Å². The van der Waals surface area contributed by atoms with Gasteiger partial charge in [0.1, 0.15) is 6.07 Å². The molecule has 0 N–H and O–H groups in total. The lowest BCUT2D eigenvalue weighted by atomic mass is 10.0.